The Balaban J connectivity index is 2.65. The SMILES string of the molecule is CCOP(=O)(CC(=O)NC1CC(C)(C)NC(C)(C)C1)OCC. The maximum atomic E-state index is 12.4. The summed E-state index contributed by atoms with van der Waals surface area (Å²) in [7, 11) is -3.34. The van der Waals surface area contributed by atoms with Crippen LogP contribution in [-0.2, 0) is 18.4 Å². The molecule has 1 heterocycles. The minimum Gasteiger partial charge on any atom is -0.353 e. The standard InChI is InChI=1S/C15H31N2O4P/c1-7-20-22(19,21-8-2)11-13(18)16-12-9-14(3,4)17-15(5,6)10-12/h12,17H,7-11H2,1-6H3,(H,16,18). The fourth-order valence-corrected chi connectivity index (χ4v) is 4.88. The first-order valence-corrected chi connectivity index (χ1v) is 9.70. The van der Waals surface area contributed by atoms with Gasteiger partial charge in [-0.3, -0.25) is 9.36 Å². The number of piperidine rings is 1. The van der Waals surface area contributed by atoms with Crippen molar-refractivity contribution in [3.05, 3.63) is 0 Å². The van der Waals surface area contributed by atoms with Gasteiger partial charge in [-0.1, -0.05) is 0 Å². The Morgan fingerprint density at radius 2 is 1.59 bits per heavy atom. The summed E-state index contributed by atoms with van der Waals surface area (Å²) in [5.74, 6) is -0.274. The maximum absolute atomic E-state index is 12.4. The maximum Gasteiger partial charge on any atom is 0.340 e. The van der Waals surface area contributed by atoms with Crippen LogP contribution in [0.4, 0.5) is 0 Å². The first-order valence-electron chi connectivity index (χ1n) is 7.98. The summed E-state index contributed by atoms with van der Waals surface area (Å²) in [5, 5.41) is 6.56. The van der Waals surface area contributed by atoms with Gasteiger partial charge in [0.2, 0.25) is 5.91 Å². The van der Waals surface area contributed by atoms with Crippen LogP contribution in [0.15, 0.2) is 0 Å². The van der Waals surface area contributed by atoms with Crippen LogP contribution in [-0.4, -0.2) is 42.4 Å². The number of carbonyl (C=O) groups is 1. The van der Waals surface area contributed by atoms with Gasteiger partial charge >= 0.3 is 7.60 Å². The molecule has 1 rings (SSSR count). The lowest BCUT2D eigenvalue weighted by Crippen LogP contribution is -2.62. The van der Waals surface area contributed by atoms with Crippen LogP contribution >= 0.6 is 7.60 Å². The molecular formula is C15H31N2O4P. The van der Waals surface area contributed by atoms with Crippen molar-refractivity contribution in [3.63, 3.8) is 0 Å². The number of carbonyl (C=O) groups excluding carboxylic acids is 1. The topological polar surface area (TPSA) is 76.7 Å². The molecule has 0 spiro atoms. The highest BCUT2D eigenvalue weighted by Gasteiger charge is 2.39. The zero-order valence-electron chi connectivity index (χ0n) is 14.7. The highest BCUT2D eigenvalue weighted by atomic mass is 31.2. The molecule has 1 amide bonds. The molecular weight excluding hydrogens is 303 g/mol. The van der Waals surface area contributed by atoms with Gasteiger partial charge in [-0.2, -0.15) is 0 Å². The quantitative estimate of drug-likeness (QED) is 0.700. The lowest BCUT2D eigenvalue weighted by Gasteiger charge is -2.46. The fourth-order valence-electron chi connectivity index (χ4n) is 3.40. The van der Waals surface area contributed by atoms with Crippen LogP contribution in [0, 0.1) is 0 Å². The molecule has 0 aliphatic carbocycles. The number of nitrogens with one attached hydrogen (secondary N) is 2. The molecule has 6 nitrogen and oxygen atoms in total. The minimum absolute atomic E-state index is 0.0513. The van der Waals surface area contributed by atoms with Crippen LogP contribution in [0.1, 0.15) is 54.4 Å². The zero-order chi connectivity index (χ0) is 17.0. The highest BCUT2D eigenvalue weighted by Crippen LogP contribution is 2.47. The molecule has 0 radical (unpaired) electrons. The van der Waals surface area contributed by atoms with Gasteiger partial charge in [0.05, 0.1) is 13.2 Å². The number of hydrogen-bond acceptors (Lipinski definition) is 5. The second kappa shape index (κ2) is 7.43. The smallest absolute Gasteiger partial charge is 0.340 e. The Labute approximate surface area is 134 Å². The lowest BCUT2D eigenvalue weighted by atomic mass is 9.79. The predicted molar refractivity (Wildman–Crippen MR) is 88.2 cm³/mol. The molecule has 1 aliphatic heterocycles. The first-order chi connectivity index (χ1) is 10.0. The molecule has 0 atom stereocenters. The van der Waals surface area contributed by atoms with E-state index >= 15 is 0 Å². The average molecular weight is 334 g/mol. The van der Waals surface area contributed by atoms with Gasteiger partial charge in [0.25, 0.3) is 0 Å². The molecule has 0 unspecified atom stereocenters. The molecule has 0 aromatic rings. The van der Waals surface area contributed by atoms with Gasteiger partial charge in [-0.15, -0.1) is 0 Å². The van der Waals surface area contributed by atoms with Crippen molar-refractivity contribution in [1.29, 1.82) is 0 Å². The van der Waals surface area contributed by atoms with Gasteiger partial charge in [-0.25, -0.2) is 0 Å². The molecule has 1 saturated heterocycles. The van der Waals surface area contributed by atoms with Crippen molar-refractivity contribution in [2.24, 2.45) is 0 Å². The number of rotatable bonds is 7. The summed E-state index contributed by atoms with van der Waals surface area (Å²) in [5.41, 5.74) is -0.105. The van der Waals surface area contributed by atoms with Crippen LogP contribution < -0.4 is 10.6 Å². The normalized spacial score (nSPS) is 21.5. The van der Waals surface area contributed by atoms with E-state index in [0.29, 0.717) is 0 Å². The summed E-state index contributed by atoms with van der Waals surface area (Å²) >= 11 is 0. The van der Waals surface area contributed by atoms with Crippen LogP contribution in [0.25, 0.3) is 0 Å². The van der Waals surface area contributed by atoms with Gasteiger partial charge in [-0.05, 0) is 54.4 Å². The van der Waals surface area contributed by atoms with E-state index in [2.05, 4.69) is 38.3 Å². The van der Waals surface area contributed by atoms with Crippen molar-refractivity contribution in [2.45, 2.75) is 71.5 Å². The number of amides is 1. The Kier molecular flexibility index (Phi) is 6.63. The Morgan fingerprint density at radius 1 is 1.14 bits per heavy atom. The lowest BCUT2D eigenvalue weighted by molar-refractivity contribution is -0.120. The van der Waals surface area contributed by atoms with E-state index in [0.717, 1.165) is 12.8 Å². The van der Waals surface area contributed by atoms with Gasteiger partial charge in [0.15, 0.2) is 0 Å². The van der Waals surface area contributed by atoms with E-state index in [1.54, 1.807) is 13.8 Å². The second-order valence-corrected chi connectivity index (χ2v) is 9.22. The van der Waals surface area contributed by atoms with E-state index < -0.39 is 7.60 Å². The summed E-state index contributed by atoms with van der Waals surface area (Å²) < 4.78 is 22.7. The summed E-state index contributed by atoms with van der Waals surface area (Å²) in [6.45, 7) is 12.5. The fraction of sp³-hybridized carbons (Fsp3) is 0.933. The van der Waals surface area contributed by atoms with Gasteiger partial charge in [0, 0.05) is 17.1 Å². The highest BCUT2D eigenvalue weighted by molar-refractivity contribution is 7.54. The Bertz CT molecular complexity index is 411. The monoisotopic (exact) mass is 334 g/mol. The molecule has 2 N–H and O–H groups in total. The van der Waals surface area contributed by atoms with Gasteiger partial charge in [0.1, 0.15) is 6.16 Å². The molecule has 0 aromatic heterocycles. The molecule has 22 heavy (non-hydrogen) atoms. The largest absolute Gasteiger partial charge is 0.353 e. The third-order valence-corrected chi connectivity index (χ3v) is 5.52. The molecule has 1 fully saturated rings. The molecule has 130 valence electrons. The summed E-state index contributed by atoms with van der Waals surface area (Å²) in [4.78, 5) is 12.2. The minimum atomic E-state index is -3.34. The van der Waals surface area contributed by atoms with E-state index in [4.69, 9.17) is 9.05 Å². The molecule has 1 aliphatic rings. The molecule has 0 saturated carbocycles. The molecule has 7 heteroatoms. The molecule has 0 aromatic carbocycles. The number of hydrogen-bond donors (Lipinski definition) is 2. The predicted octanol–water partition coefficient (Wildman–Crippen LogP) is 2.68. The van der Waals surface area contributed by atoms with Crippen LogP contribution in [0.2, 0.25) is 0 Å². The van der Waals surface area contributed by atoms with E-state index in [1.165, 1.54) is 0 Å². The van der Waals surface area contributed by atoms with Crippen molar-refractivity contribution in [2.75, 3.05) is 19.4 Å². The zero-order valence-corrected chi connectivity index (χ0v) is 15.6. The van der Waals surface area contributed by atoms with Crippen molar-refractivity contribution in [3.8, 4) is 0 Å². The second-order valence-electron chi connectivity index (χ2n) is 7.17. The Hall–Kier alpha value is -0.420. The Morgan fingerprint density at radius 3 is 2.00 bits per heavy atom. The van der Waals surface area contributed by atoms with Crippen molar-refractivity contribution in [1.82, 2.24) is 10.6 Å². The van der Waals surface area contributed by atoms with E-state index in [9.17, 15) is 9.36 Å². The van der Waals surface area contributed by atoms with Crippen molar-refractivity contribution >= 4 is 13.5 Å². The summed E-state index contributed by atoms with van der Waals surface area (Å²) in [6, 6.07) is 0.0513. The van der Waals surface area contributed by atoms with E-state index in [-0.39, 0.29) is 42.4 Å². The summed E-state index contributed by atoms with van der Waals surface area (Å²) in [6.07, 6.45) is 1.44. The average Bonchev–Trinajstić information content (AvgIpc) is 2.23. The van der Waals surface area contributed by atoms with Crippen molar-refractivity contribution < 1.29 is 18.4 Å². The van der Waals surface area contributed by atoms with E-state index in [1.807, 2.05) is 0 Å². The molecule has 0 bridgehead atoms. The van der Waals surface area contributed by atoms with Gasteiger partial charge < -0.3 is 19.7 Å². The first kappa shape index (κ1) is 19.6. The third kappa shape index (κ3) is 6.37. The third-order valence-electron chi connectivity index (χ3n) is 3.54. The van der Waals surface area contributed by atoms with Crippen LogP contribution in [0.5, 0.6) is 0 Å². The van der Waals surface area contributed by atoms with Crippen LogP contribution in [0.3, 0.4) is 0 Å².